The average molecular weight is 331 g/mol. The minimum Gasteiger partial charge on any atom is -0.308 e. The molecule has 2 heterocycles. The van der Waals surface area contributed by atoms with Gasteiger partial charge in [0.2, 0.25) is 0 Å². The Morgan fingerprint density at radius 2 is 2.10 bits per heavy atom. The third kappa shape index (κ3) is 2.89. The summed E-state index contributed by atoms with van der Waals surface area (Å²) in [5, 5.41) is 7.79. The molecule has 20 heavy (non-hydrogen) atoms. The van der Waals surface area contributed by atoms with Crippen LogP contribution >= 0.6 is 15.9 Å². The maximum Gasteiger partial charge on any atom is 0.155 e. The third-order valence-corrected chi connectivity index (χ3v) is 3.86. The Morgan fingerprint density at radius 3 is 2.95 bits per heavy atom. The maximum absolute atomic E-state index is 4.40. The van der Waals surface area contributed by atoms with Gasteiger partial charge < -0.3 is 5.32 Å². The van der Waals surface area contributed by atoms with Gasteiger partial charge in [-0.1, -0.05) is 34.1 Å². The van der Waals surface area contributed by atoms with E-state index in [9.17, 15) is 0 Å². The van der Waals surface area contributed by atoms with Crippen molar-refractivity contribution in [3.05, 3.63) is 64.0 Å². The number of aryl methyl sites for hydroxylation is 1. The molecule has 0 spiro atoms. The number of fused-ring (bicyclic) bond motifs is 1. The maximum atomic E-state index is 4.40. The zero-order valence-corrected chi connectivity index (χ0v) is 12.8. The molecular weight excluding hydrogens is 316 g/mol. The molecule has 1 N–H and O–H groups in total. The fourth-order valence-electron chi connectivity index (χ4n) is 2.11. The molecule has 3 rings (SSSR count). The second-order valence-electron chi connectivity index (χ2n) is 4.75. The number of aromatic nitrogens is 3. The summed E-state index contributed by atoms with van der Waals surface area (Å²) in [5.74, 6) is 0. The predicted octanol–water partition coefficient (Wildman–Crippen LogP) is 3.09. The first-order valence-corrected chi connectivity index (χ1v) is 7.27. The van der Waals surface area contributed by atoms with Crippen molar-refractivity contribution in [2.75, 3.05) is 0 Å². The second kappa shape index (κ2) is 5.73. The van der Waals surface area contributed by atoms with Crippen molar-refractivity contribution in [3.8, 4) is 0 Å². The highest BCUT2D eigenvalue weighted by Crippen LogP contribution is 2.15. The molecule has 2 aromatic heterocycles. The fourth-order valence-corrected chi connectivity index (χ4v) is 2.53. The normalized spacial score (nSPS) is 11.1. The van der Waals surface area contributed by atoms with Crippen LogP contribution in [0, 0.1) is 6.92 Å². The van der Waals surface area contributed by atoms with Crippen LogP contribution in [-0.4, -0.2) is 14.6 Å². The van der Waals surface area contributed by atoms with Crippen molar-refractivity contribution in [1.82, 2.24) is 19.9 Å². The molecule has 0 saturated carbocycles. The molecule has 3 aromatic rings. The Morgan fingerprint density at radius 1 is 1.25 bits per heavy atom. The molecule has 0 aliphatic carbocycles. The lowest BCUT2D eigenvalue weighted by atomic mass is 10.2. The summed E-state index contributed by atoms with van der Waals surface area (Å²) in [6.45, 7) is 3.56. The highest BCUT2D eigenvalue weighted by Gasteiger charge is 2.02. The molecule has 0 bridgehead atoms. The van der Waals surface area contributed by atoms with Crippen molar-refractivity contribution in [2.24, 2.45) is 0 Å². The van der Waals surface area contributed by atoms with Gasteiger partial charge in [0.05, 0.1) is 5.69 Å². The summed E-state index contributed by atoms with van der Waals surface area (Å²) in [7, 11) is 0. The van der Waals surface area contributed by atoms with E-state index >= 15 is 0 Å². The molecule has 0 amide bonds. The van der Waals surface area contributed by atoms with Crippen molar-refractivity contribution < 1.29 is 0 Å². The highest BCUT2D eigenvalue weighted by atomic mass is 79.9. The van der Waals surface area contributed by atoms with Gasteiger partial charge in [-0.25, -0.2) is 9.50 Å². The first-order chi connectivity index (χ1) is 9.72. The van der Waals surface area contributed by atoms with E-state index in [1.807, 2.05) is 42.0 Å². The highest BCUT2D eigenvalue weighted by molar-refractivity contribution is 9.10. The lowest BCUT2D eigenvalue weighted by molar-refractivity contribution is 0.684. The number of hydrogen-bond acceptors (Lipinski definition) is 3. The predicted molar refractivity (Wildman–Crippen MR) is 82.4 cm³/mol. The number of benzene rings is 1. The van der Waals surface area contributed by atoms with E-state index in [-0.39, 0.29) is 0 Å². The zero-order valence-electron chi connectivity index (χ0n) is 11.2. The molecule has 5 heteroatoms. The van der Waals surface area contributed by atoms with E-state index in [0.29, 0.717) is 0 Å². The Kier molecular flexibility index (Phi) is 3.80. The van der Waals surface area contributed by atoms with Gasteiger partial charge in [0.1, 0.15) is 0 Å². The van der Waals surface area contributed by atoms with Gasteiger partial charge in [-0.3, -0.25) is 0 Å². The van der Waals surface area contributed by atoms with E-state index in [4.69, 9.17) is 0 Å². The smallest absolute Gasteiger partial charge is 0.155 e. The van der Waals surface area contributed by atoms with Crippen LogP contribution in [0.4, 0.5) is 0 Å². The number of nitrogens with one attached hydrogen (secondary N) is 1. The van der Waals surface area contributed by atoms with Crippen molar-refractivity contribution in [3.63, 3.8) is 0 Å². The zero-order chi connectivity index (χ0) is 13.9. The Hall–Kier alpha value is -1.72. The lowest BCUT2D eigenvalue weighted by Crippen LogP contribution is -2.13. The van der Waals surface area contributed by atoms with Crippen LogP contribution in [0.1, 0.15) is 16.8 Å². The quantitative estimate of drug-likeness (QED) is 0.799. The molecule has 0 fully saturated rings. The number of halogens is 1. The Balaban J connectivity index is 1.66. The van der Waals surface area contributed by atoms with E-state index in [1.165, 1.54) is 5.56 Å². The average Bonchev–Trinajstić information content (AvgIpc) is 2.80. The van der Waals surface area contributed by atoms with Crippen LogP contribution in [0.15, 0.2) is 47.2 Å². The molecule has 0 saturated heterocycles. The van der Waals surface area contributed by atoms with E-state index in [0.717, 1.165) is 34.5 Å². The first kappa shape index (κ1) is 13.3. The summed E-state index contributed by atoms with van der Waals surface area (Å²) in [6.07, 6.45) is 3.91. The first-order valence-electron chi connectivity index (χ1n) is 6.47. The van der Waals surface area contributed by atoms with Crippen LogP contribution in [0.3, 0.4) is 0 Å². The minimum atomic E-state index is 0.767. The fraction of sp³-hybridized carbons (Fsp3) is 0.200. The molecule has 102 valence electrons. The van der Waals surface area contributed by atoms with Crippen LogP contribution in [0.25, 0.3) is 5.65 Å². The second-order valence-corrected chi connectivity index (χ2v) is 5.60. The van der Waals surface area contributed by atoms with Crippen LogP contribution in [0.2, 0.25) is 0 Å². The van der Waals surface area contributed by atoms with Crippen LogP contribution in [0.5, 0.6) is 0 Å². The van der Waals surface area contributed by atoms with Gasteiger partial charge in [-0.05, 0) is 18.6 Å². The summed E-state index contributed by atoms with van der Waals surface area (Å²) in [4.78, 5) is 4.40. The molecule has 0 aliphatic rings. The lowest BCUT2D eigenvalue weighted by Gasteiger charge is -2.07. The summed E-state index contributed by atoms with van der Waals surface area (Å²) < 4.78 is 2.95. The largest absolute Gasteiger partial charge is 0.308 e. The van der Waals surface area contributed by atoms with Crippen LogP contribution < -0.4 is 5.32 Å². The monoisotopic (exact) mass is 330 g/mol. The van der Waals surface area contributed by atoms with E-state index in [2.05, 4.69) is 43.5 Å². The molecule has 4 nitrogen and oxygen atoms in total. The Bertz CT molecular complexity index is 736. The minimum absolute atomic E-state index is 0.767. The van der Waals surface area contributed by atoms with Gasteiger partial charge >= 0.3 is 0 Å². The molecular formula is C15H15BrN4. The molecule has 0 radical (unpaired) electrons. The molecule has 0 aliphatic heterocycles. The molecule has 1 aromatic carbocycles. The van der Waals surface area contributed by atoms with Crippen molar-refractivity contribution >= 4 is 21.6 Å². The van der Waals surface area contributed by atoms with Gasteiger partial charge in [0.25, 0.3) is 0 Å². The molecule has 0 unspecified atom stereocenters. The standard InChI is InChI=1S/C15H15BrN4/c1-11-6-15-18-8-12(10-20(15)19-11)7-17-9-13-4-2-3-5-14(13)16/h2-6,8,10,17H,7,9H2,1H3. The molecule has 0 atom stereocenters. The van der Waals surface area contributed by atoms with Crippen molar-refractivity contribution in [1.29, 1.82) is 0 Å². The van der Waals surface area contributed by atoms with Gasteiger partial charge in [-0.15, -0.1) is 0 Å². The summed E-state index contributed by atoms with van der Waals surface area (Å²) >= 11 is 3.55. The van der Waals surface area contributed by atoms with Crippen LogP contribution in [-0.2, 0) is 13.1 Å². The van der Waals surface area contributed by atoms with E-state index in [1.54, 1.807) is 0 Å². The van der Waals surface area contributed by atoms with Gasteiger partial charge in [-0.2, -0.15) is 5.10 Å². The number of nitrogens with zero attached hydrogens (tertiary/aromatic N) is 3. The SMILES string of the molecule is Cc1cc2ncc(CNCc3ccccc3Br)cn2n1. The van der Waals surface area contributed by atoms with Crippen molar-refractivity contribution in [2.45, 2.75) is 20.0 Å². The van der Waals surface area contributed by atoms with E-state index < -0.39 is 0 Å². The Labute approximate surface area is 126 Å². The van der Waals surface area contributed by atoms with Gasteiger partial charge in [0.15, 0.2) is 5.65 Å². The number of hydrogen-bond donors (Lipinski definition) is 1. The summed E-state index contributed by atoms with van der Waals surface area (Å²) in [6, 6.07) is 10.2. The number of rotatable bonds is 4. The topological polar surface area (TPSA) is 42.2 Å². The van der Waals surface area contributed by atoms with Gasteiger partial charge in [0, 0.05) is 41.6 Å². The summed E-state index contributed by atoms with van der Waals surface area (Å²) in [5.41, 5.74) is 4.23. The third-order valence-electron chi connectivity index (χ3n) is 3.09.